The Kier molecular flexibility index (Phi) is 8.42. The molecule has 6 rings (SSSR count). The summed E-state index contributed by atoms with van der Waals surface area (Å²) in [5.74, 6) is 0.523. The molecule has 42 heavy (non-hydrogen) atoms. The highest BCUT2D eigenvalue weighted by Crippen LogP contribution is 2.34. The fourth-order valence-corrected chi connectivity index (χ4v) is 5.16. The molecule has 11 nitrogen and oxygen atoms in total. The van der Waals surface area contributed by atoms with Gasteiger partial charge in [-0.25, -0.2) is 9.97 Å². The van der Waals surface area contributed by atoms with Crippen LogP contribution in [0.25, 0.3) is 10.9 Å². The number of phenols is 1. The summed E-state index contributed by atoms with van der Waals surface area (Å²) < 4.78 is 17.3. The van der Waals surface area contributed by atoms with Gasteiger partial charge >= 0.3 is 0 Å². The molecule has 2 aromatic carbocycles. The van der Waals surface area contributed by atoms with Gasteiger partial charge in [0.25, 0.3) is 0 Å². The molecule has 0 aliphatic carbocycles. The van der Waals surface area contributed by atoms with Crippen molar-refractivity contribution in [2.75, 3.05) is 43.5 Å². The Hall–Kier alpha value is -4.29. The number of aromatic nitrogens is 3. The van der Waals surface area contributed by atoms with Crippen LogP contribution in [-0.4, -0.2) is 75.9 Å². The van der Waals surface area contributed by atoms with Gasteiger partial charge < -0.3 is 30.0 Å². The van der Waals surface area contributed by atoms with E-state index in [-0.39, 0.29) is 29.6 Å². The molecule has 2 fully saturated rings. The Morgan fingerprint density at radius 3 is 2.69 bits per heavy atom. The number of carbonyl (C=O) groups is 1. The second-order valence-corrected chi connectivity index (χ2v) is 10.3. The molecule has 216 valence electrons. The van der Waals surface area contributed by atoms with Gasteiger partial charge in [-0.2, -0.15) is 0 Å². The van der Waals surface area contributed by atoms with Gasteiger partial charge in [0.1, 0.15) is 30.3 Å². The largest absolute Gasteiger partial charge is 0.506 e. The van der Waals surface area contributed by atoms with Crippen LogP contribution >= 0.6 is 11.6 Å². The van der Waals surface area contributed by atoms with Crippen molar-refractivity contribution >= 4 is 45.6 Å². The Morgan fingerprint density at radius 2 is 1.93 bits per heavy atom. The quantitative estimate of drug-likeness (QED) is 0.192. The highest BCUT2D eigenvalue weighted by atomic mass is 35.5. The number of ether oxygens (including phenoxy) is 3. The van der Waals surface area contributed by atoms with Crippen LogP contribution in [0.15, 0.2) is 73.2 Å². The summed E-state index contributed by atoms with van der Waals surface area (Å²) in [6.07, 6.45) is 6.50. The third-order valence-corrected chi connectivity index (χ3v) is 7.27. The molecule has 3 N–H and O–H groups in total. The summed E-state index contributed by atoms with van der Waals surface area (Å²) in [5.41, 5.74) is 2.20. The standard InChI is InChI=1S/C30H29ClN6O5/c31-22-12-19(6-7-26(22)42-17-20-4-1-2-8-32-20)35-30-21-13-24(25(38)14-23(21)33-18-34-30)36-29(39)5-3-9-37-15-27-28(16-37)41-11-10-40-27/h1-8,12-14,18,27-28,38H,9-11,15-17H2,(H,36,39)(H,33,34,35)/b5-3+/t27-,28+. The molecule has 0 radical (unpaired) electrons. The maximum atomic E-state index is 12.7. The Balaban J connectivity index is 1.11. The highest BCUT2D eigenvalue weighted by Gasteiger charge is 2.35. The number of aromatic hydroxyl groups is 1. The lowest BCUT2D eigenvalue weighted by atomic mass is 10.2. The van der Waals surface area contributed by atoms with Crippen molar-refractivity contribution in [1.29, 1.82) is 0 Å². The van der Waals surface area contributed by atoms with E-state index in [1.54, 1.807) is 30.5 Å². The molecule has 4 heterocycles. The molecule has 2 aliphatic rings. The minimum atomic E-state index is -0.367. The van der Waals surface area contributed by atoms with Crippen molar-refractivity contribution in [1.82, 2.24) is 19.9 Å². The number of nitrogens with zero attached hydrogens (tertiary/aromatic N) is 4. The van der Waals surface area contributed by atoms with Crippen molar-refractivity contribution in [3.8, 4) is 11.5 Å². The van der Waals surface area contributed by atoms with Gasteiger partial charge in [0.05, 0.1) is 47.3 Å². The predicted molar refractivity (Wildman–Crippen MR) is 158 cm³/mol. The number of nitrogens with one attached hydrogen (secondary N) is 2. The molecule has 2 saturated heterocycles. The third-order valence-electron chi connectivity index (χ3n) is 6.98. The molecule has 2 aliphatic heterocycles. The smallest absolute Gasteiger partial charge is 0.248 e. The van der Waals surface area contributed by atoms with Gasteiger partial charge in [0.15, 0.2) is 0 Å². The first kappa shape index (κ1) is 27.9. The molecule has 2 aromatic heterocycles. The summed E-state index contributed by atoms with van der Waals surface area (Å²) in [5, 5.41) is 17.6. The molecule has 2 atom stereocenters. The molecule has 1 amide bonds. The van der Waals surface area contributed by atoms with Crippen LogP contribution in [0.2, 0.25) is 5.02 Å². The van der Waals surface area contributed by atoms with Crippen LogP contribution in [0, 0.1) is 0 Å². The number of phenolic OH excluding ortho intramolecular Hbond substituents is 1. The number of halogens is 1. The van der Waals surface area contributed by atoms with Gasteiger partial charge in [-0.05, 0) is 36.4 Å². The SMILES string of the molecule is O=C(/C=C/CN1C[C@@H]2OCCO[C@@H]2C1)Nc1cc2c(Nc3ccc(OCc4ccccn4)c(Cl)c3)ncnc2cc1O. The fraction of sp³-hybridized carbons (Fsp3) is 0.267. The minimum Gasteiger partial charge on any atom is -0.506 e. The molecule has 4 aromatic rings. The number of likely N-dealkylation sites (tertiary alicyclic amines) is 1. The lowest BCUT2D eigenvalue weighted by Crippen LogP contribution is -2.36. The lowest BCUT2D eigenvalue weighted by Gasteiger charge is -2.24. The van der Waals surface area contributed by atoms with Crippen LogP contribution in [-0.2, 0) is 20.9 Å². The van der Waals surface area contributed by atoms with E-state index in [0.717, 1.165) is 18.8 Å². The first-order valence-corrected chi connectivity index (χ1v) is 13.9. The normalized spacial score (nSPS) is 18.7. The van der Waals surface area contributed by atoms with E-state index in [1.807, 2.05) is 24.3 Å². The van der Waals surface area contributed by atoms with Gasteiger partial charge in [0, 0.05) is 49.0 Å². The van der Waals surface area contributed by atoms with E-state index in [2.05, 4.69) is 30.5 Å². The Morgan fingerprint density at radius 1 is 1.10 bits per heavy atom. The molecule has 12 heteroatoms. The zero-order valence-corrected chi connectivity index (χ0v) is 23.3. The van der Waals surface area contributed by atoms with Gasteiger partial charge in [-0.1, -0.05) is 23.7 Å². The number of anilines is 3. The van der Waals surface area contributed by atoms with Crippen molar-refractivity contribution in [2.45, 2.75) is 18.8 Å². The highest BCUT2D eigenvalue weighted by molar-refractivity contribution is 6.32. The van der Waals surface area contributed by atoms with Crippen LogP contribution in [0.4, 0.5) is 17.2 Å². The molecule has 0 spiro atoms. The van der Waals surface area contributed by atoms with Crippen molar-refractivity contribution in [3.05, 3.63) is 83.9 Å². The monoisotopic (exact) mass is 588 g/mol. The molecular formula is C30H29ClN6O5. The molecule has 0 bridgehead atoms. The average Bonchev–Trinajstić information content (AvgIpc) is 3.41. The Bertz CT molecular complexity index is 1590. The summed E-state index contributed by atoms with van der Waals surface area (Å²) in [4.78, 5) is 27.7. The van der Waals surface area contributed by atoms with Crippen molar-refractivity contribution in [2.24, 2.45) is 0 Å². The number of fused-ring (bicyclic) bond motifs is 2. The predicted octanol–water partition coefficient (Wildman–Crippen LogP) is 4.30. The first-order chi connectivity index (χ1) is 20.5. The molecule has 0 saturated carbocycles. The topological polar surface area (TPSA) is 131 Å². The number of hydrogen-bond donors (Lipinski definition) is 3. The van der Waals surface area contributed by atoms with E-state index in [4.69, 9.17) is 25.8 Å². The minimum absolute atomic E-state index is 0.0834. The zero-order valence-electron chi connectivity index (χ0n) is 22.6. The maximum absolute atomic E-state index is 12.7. The maximum Gasteiger partial charge on any atom is 0.248 e. The summed E-state index contributed by atoms with van der Waals surface area (Å²) in [7, 11) is 0. The summed E-state index contributed by atoms with van der Waals surface area (Å²) in [6, 6.07) is 14.0. The van der Waals surface area contributed by atoms with Crippen LogP contribution < -0.4 is 15.4 Å². The van der Waals surface area contributed by atoms with Crippen LogP contribution in [0.5, 0.6) is 11.5 Å². The number of carbonyl (C=O) groups excluding carboxylic acids is 1. The third kappa shape index (κ3) is 6.60. The molecular weight excluding hydrogens is 560 g/mol. The van der Waals surface area contributed by atoms with Crippen molar-refractivity contribution in [3.63, 3.8) is 0 Å². The van der Waals surface area contributed by atoms with E-state index >= 15 is 0 Å². The first-order valence-electron chi connectivity index (χ1n) is 13.5. The van der Waals surface area contributed by atoms with Crippen LogP contribution in [0.1, 0.15) is 5.69 Å². The van der Waals surface area contributed by atoms with E-state index < -0.39 is 0 Å². The second kappa shape index (κ2) is 12.7. The van der Waals surface area contributed by atoms with Gasteiger partial charge in [-0.3, -0.25) is 14.7 Å². The van der Waals surface area contributed by atoms with Gasteiger partial charge in [-0.15, -0.1) is 0 Å². The van der Waals surface area contributed by atoms with Gasteiger partial charge in [0.2, 0.25) is 5.91 Å². The van der Waals surface area contributed by atoms with E-state index in [1.165, 1.54) is 18.5 Å². The summed E-state index contributed by atoms with van der Waals surface area (Å²) >= 11 is 6.48. The number of hydrogen-bond acceptors (Lipinski definition) is 10. The number of pyridine rings is 1. The molecule has 0 unspecified atom stereocenters. The average molecular weight is 589 g/mol. The van der Waals surface area contributed by atoms with Crippen LogP contribution in [0.3, 0.4) is 0 Å². The number of rotatable bonds is 9. The van der Waals surface area contributed by atoms with E-state index in [9.17, 15) is 9.90 Å². The zero-order chi connectivity index (χ0) is 28.9. The second-order valence-electron chi connectivity index (χ2n) is 9.92. The summed E-state index contributed by atoms with van der Waals surface area (Å²) in [6.45, 7) is 3.66. The number of amides is 1. The fourth-order valence-electron chi connectivity index (χ4n) is 4.93. The number of benzene rings is 2. The lowest BCUT2D eigenvalue weighted by molar-refractivity contribution is -0.116. The van der Waals surface area contributed by atoms with E-state index in [0.29, 0.717) is 59.5 Å². The van der Waals surface area contributed by atoms with Crippen molar-refractivity contribution < 1.29 is 24.1 Å². The Labute approximate surface area is 247 Å².